The van der Waals surface area contributed by atoms with Crippen LogP contribution < -0.4 is 5.73 Å². The lowest BCUT2D eigenvalue weighted by Crippen LogP contribution is -2.07. The molecule has 0 radical (unpaired) electrons. The number of carbonyl (C=O) groups excluding carboxylic acids is 1. The molecule has 0 aliphatic carbocycles. The molecule has 0 heterocycles. The summed E-state index contributed by atoms with van der Waals surface area (Å²) in [6, 6.07) is 5.51. The van der Waals surface area contributed by atoms with Gasteiger partial charge in [0, 0.05) is 6.54 Å². The van der Waals surface area contributed by atoms with Crippen molar-refractivity contribution in [1.82, 2.24) is 0 Å². The summed E-state index contributed by atoms with van der Waals surface area (Å²) in [5, 5.41) is 0. The minimum absolute atomic E-state index is 0.270. The van der Waals surface area contributed by atoms with Gasteiger partial charge in [-0.1, -0.05) is 12.1 Å². The number of aryl methyl sites for hydroxylation is 1. The molecule has 0 amide bonds. The van der Waals surface area contributed by atoms with Gasteiger partial charge < -0.3 is 10.5 Å². The summed E-state index contributed by atoms with van der Waals surface area (Å²) in [6.07, 6.45) is 0. The smallest absolute Gasteiger partial charge is 0.338 e. The molecule has 1 rings (SSSR count). The lowest BCUT2D eigenvalue weighted by Gasteiger charge is -2.06. The van der Waals surface area contributed by atoms with Crippen LogP contribution in [-0.4, -0.2) is 12.6 Å². The Balaban J connectivity index is 2.94. The van der Waals surface area contributed by atoms with Crippen LogP contribution in [0.3, 0.4) is 0 Å². The van der Waals surface area contributed by atoms with Crippen molar-refractivity contribution in [3.8, 4) is 0 Å². The maximum atomic E-state index is 11.4. The first-order valence-electron chi connectivity index (χ1n) is 4.65. The molecule has 1 aromatic carbocycles. The lowest BCUT2D eigenvalue weighted by atomic mass is 10.1. The fourth-order valence-corrected chi connectivity index (χ4v) is 1.29. The molecule has 0 saturated heterocycles. The maximum absolute atomic E-state index is 11.4. The van der Waals surface area contributed by atoms with Crippen LogP contribution in [0, 0.1) is 6.92 Å². The number of nitrogens with two attached hydrogens (primary N) is 1. The summed E-state index contributed by atoms with van der Waals surface area (Å²) in [5.41, 5.74) is 8.03. The second-order valence-corrected chi connectivity index (χ2v) is 3.07. The first kappa shape index (κ1) is 10.7. The average Bonchev–Trinajstić information content (AvgIpc) is 2.17. The molecule has 0 unspecified atom stereocenters. The zero-order valence-corrected chi connectivity index (χ0v) is 8.54. The normalized spacial score (nSPS) is 9.93. The van der Waals surface area contributed by atoms with Crippen molar-refractivity contribution in [3.05, 3.63) is 34.9 Å². The van der Waals surface area contributed by atoms with E-state index in [9.17, 15) is 4.79 Å². The second kappa shape index (κ2) is 4.77. The third-order valence-electron chi connectivity index (χ3n) is 2.02. The highest BCUT2D eigenvalue weighted by Gasteiger charge is 2.09. The molecular formula is C11H15NO2. The third kappa shape index (κ3) is 2.33. The van der Waals surface area contributed by atoms with Crippen molar-refractivity contribution < 1.29 is 9.53 Å². The quantitative estimate of drug-likeness (QED) is 0.742. The van der Waals surface area contributed by atoms with Gasteiger partial charge in [0.2, 0.25) is 0 Å². The zero-order valence-electron chi connectivity index (χ0n) is 8.54. The Kier molecular flexibility index (Phi) is 3.65. The van der Waals surface area contributed by atoms with Gasteiger partial charge in [-0.25, -0.2) is 4.79 Å². The van der Waals surface area contributed by atoms with Crippen LogP contribution >= 0.6 is 0 Å². The molecule has 0 aliphatic rings. The first-order valence-corrected chi connectivity index (χ1v) is 4.65. The molecule has 3 nitrogen and oxygen atoms in total. The van der Waals surface area contributed by atoms with Crippen molar-refractivity contribution in [1.29, 1.82) is 0 Å². The van der Waals surface area contributed by atoms with Gasteiger partial charge in [0.05, 0.1) is 12.2 Å². The van der Waals surface area contributed by atoms with Crippen LogP contribution in [0.4, 0.5) is 0 Å². The molecule has 2 N–H and O–H groups in total. The summed E-state index contributed by atoms with van der Waals surface area (Å²) in [5.74, 6) is -0.270. The van der Waals surface area contributed by atoms with Crippen molar-refractivity contribution in [2.24, 2.45) is 5.73 Å². The van der Waals surface area contributed by atoms with Gasteiger partial charge in [0.1, 0.15) is 0 Å². The fourth-order valence-electron chi connectivity index (χ4n) is 1.29. The van der Waals surface area contributed by atoms with Crippen molar-refractivity contribution in [2.75, 3.05) is 6.61 Å². The summed E-state index contributed by atoms with van der Waals surface area (Å²) in [4.78, 5) is 11.4. The number of carbonyl (C=O) groups is 1. The molecule has 0 bridgehead atoms. The summed E-state index contributed by atoms with van der Waals surface area (Å²) in [6.45, 7) is 4.56. The number of benzene rings is 1. The van der Waals surface area contributed by atoms with Gasteiger partial charge in [0.25, 0.3) is 0 Å². The van der Waals surface area contributed by atoms with Crippen LogP contribution in [0.25, 0.3) is 0 Å². The van der Waals surface area contributed by atoms with Gasteiger partial charge in [-0.05, 0) is 31.0 Å². The Bertz CT molecular complexity index is 334. The van der Waals surface area contributed by atoms with Crippen LogP contribution in [0.5, 0.6) is 0 Å². The monoisotopic (exact) mass is 193 g/mol. The average molecular weight is 193 g/mol. The van der Waals surface area contributed by atoms with E-state index >= 15 is 0 Å². The van der Waals surface area contributed by atoms with Crippen molar-refractivity contribution in [2.45, 2.75) is 20.4 Å². The molecule has 1 aromatic rings. The highest BCUT2D eigenvalue weighted by atomic mass is 16.5. The predicted molar refractivity (Wildman–Crippen MR) is 55.0 cm³/mol. The number of ether oxygens (including phenoxy) is 1. The topological polar surface area (TPSA) is 52.3 Å². The highest BCUT2D eigenvalue weighted by molar-refractivity contribution is 5.91. The number of rotatable bonds is 3. The van der Waals surface area contributed by atoms with Crippen LogP contribution in [0.1, 0.15) is 28.4 Å². The molecule has 0 saturated carbocycles. The summed E-state index contributed by atoms with van der Waals surface area (Å²) >= 11 is 0. The van der Waals surface area contributed by atoms with E-state index in [1.54, 1.807) is 13.0 Å². The molecular weight excluding hydrogens is 178 g/mol. The van der Waals surface area contributed by atoms with Gasteiger partial charge in [-0.2, -0.15) is 0 Å². The Hall–Kier alpha value is -1.35. The molecule has 0 aromatic heterocycles. The summed E-state index contributed by atoms with van der Waals surface area (Å²) < 4.78 is 4.91. The molecule has 0 atom stereocenters. The molecule has 3 heteroatoms. The third-order valence-corrected chi connectivity index (χ3v) is 2.02. The minimum Gasteiger partial charge on any atom is -0.462 e. The Labute approximate surface area is 83.9 Å². The van der Waals surface area contributed by atoms with E-state index in [1.807, 2.05) is 19.1 Å². The largest absolute Gasteiger partial charge is 0.462 e. The Morgan fingerprint density at radius 3 is 2.71 bits per heavy atom. The van der Waals surface area contributed by atoms with Crippen molar-refractivity contribution in [3.63, 3.8) is 0 Å². The number of hydrogen-bond donors (Lipinski definition) is 1. The van der Waals surface area contributed by atoms with Gasteiger partial charge >= 0.3 is 5.97 Å². The van der Waals surface area contributed by atoms with Crippen molar-refractivity contribution >= 4 is 5.97 Å². The standard InChI is InChI=1S/C11H15NO2/c1-3-14-11(13)10-5-4-9(7-12)6-8(10)2/h4-6H,3,7,12H2,1-2H3. The van der Waals surface area contributed by atoms with E-state index in [0.717, 1.165) is 11.1 Å². The van der Waals surface area contributed by atoms with Gasteiger partial charge in [-0.3, -0.25) is 0 Å². The van der Waals surface area contributed by atoms with E-state index in [-0.39, 0.29) is 5.97 Å². The fraction of sp³-hybridized carbons (Fsp3) is 0.364. The molecule has 0 aliphatic heterocycles. The van der Waals surface area contributed by atoms with Crippen LogP contribution in [-0.2, 0) is 11.3 Å². The lowest BCUT2D eigenvalue weighted by molar-refractivity contribution is 0.0525. The van der Waals surface area contributed by atoms with Gasteiger partial charge in [0.15, 0.2) is 0 Å². The first-order chi connectivity index (χ1) is 6.69. The van der Waals surface area contributed by atoms with E-state index in [2.05, 4.69) is 0 Å². The van der Waals surface area contributed by atoms with E-state index in [0.29, 0.717) is 18.7 Å². The Morgan fingerprint density at radius 1 is 1.50 bits per heavy atom. The number of hydrogen-bond acceptors (Lipinski definition) is 3. The minimum atomic E-state index is -0.270. The molecule has 76 valence electrons. The van der Waals surface area contributed by atoms with E-state index < -0.39 is 0 Å². The summed E-state index contributed by atoms with van der Waals surface area (Å²) in [7, 11) is 0. The van der Waals surface area contributed by atoms with Crippen LogP contribution in [0.15, 0.2) is 18.2 Å². The second-order valence-electron chi connectivity index (χ2n) is 3.07. The molecule has 14 heavy (non-hydrogen) atoms. The van der Waals surface area contributed by atoms with Crippen LogP contribution in [0.2, 0.25) is 0 Å². The number of esters is 1. The SMILES string of the molecule is CCOC(=O)c1ccc(CN)cc1C. The van der Waals surface area contributed by atoms with E-state index in [4.69, 9.17) is 10.5 Å². The maximum Gasteiger partial charge on any atom is 0.338 e. The zero-order chi connectivity index (χ0) is 10.6. The van der Waals surface area contributed by atoms with Gasteiger partial charge in [-0.15, -0.1) is 0 Å². The Morgan fingerprint density at radius 2 is 2.21 bits per heavy atom. The molecule has 0 fully saturated rings. The predicted octanol–water partition coefficient (Wildman–Crippen LogP) is 1.63. The molecule has 0 spiro atoms. The highest BCUT2D eigenvalue weighted by Crippen LogP contribution is 2.12. The van der Waals surface area contributed by atoms with E-state index in [1.165, 1.54) is 0 Å².